The third-order valence-corrected chi connectivity index (χ3v) is 5.49. The van der Waals surface area contributed by atoms with Crippen molar-refractivity contribution in [2.24, 2.45) is 11.7 Å². The molecule has 29 heavy (non-hydrogen) atoms. The molecule has 1 saturated heterocycles. The van der Waals surface area contributed by atoms with Crippen LogP contribution >= 0.6 is 12.4 Å². The van der Waals surface area contributed by atoms with E-state index in [1.54, 1.807) is 4.90 Å². The van der Waals surface area contributed by atoms with Crippen molar-refractivity contribution < 1.29 is 9.53 Å². The standard InChI is InChI=1S/C23H31N3O2.ClH/c1-3-28-21-11-9-18(10-12-21)14-25(2)23(27)17-26-15-20(13-24)22(16-26)19-7-5-4-6-8-19;/h4-12,20,22H,3,13-17,24H2,1-2H3;1H/t20-,22+;/m1./s1. The van der Waals surface area contributed by atoms with E-state index in [4.69, 9.17) is 10.5 Å². The van der Waals surface area contributed by atoms with Gasteiger partial charge in [0, 0.05) is 32.6 Å². The monoisotopic (exact) mass is 417 g/mol. The highest BCUT2D eigenvalue weighted by molar-refractivity contribution is 5.85. The zero-order chi connectivity index (χ0) is 19.9. The third-order valence-electron chi connectivity index (χ3n) is 5.49. The van der Waals surface area contributed by atoms with Crippen molar-refractivity contribution in [3.05, 3.63) is 65.7 Å². The highest BCUT2D eigenvalue weighted by Crippen LogP contribution is 2.31. The number of likely N-dealkylation sites (tertiary alicyclic amines) is 1. The molecule has 0 aliphatic carbocycles. The van der Waals surface area contributed by atoms with Crippen molar-refractivity contribution in [2.45, 2.75) is 19.4 Å². The van der Waals surface area contributed by atoms with Gasteiger partial charge >= 0.3 is 0 Å². The molecule has 0 bridgehead atoms. The van der Waals surface area contributed by atoms with Crippen LogP contribution in [0, 0.1) is 5.92 Å². The van der Waals surface area contributed by atoms with E-state index in [-0.39, 0.29) is 18.3 Å². The quantitative estimate of drug-likeness (QED) is 0.716. The highest BCUT2D eigenvalue weighted by atomic mass is 35.5. The zero-order valence-corrected chi connectivity index (χ0v) is 18.1. The molecule has 2 N–H and O–H groups in total. The number of nitrogens with zero attached hydrogens (tertiary/aromatic N) is 2. The maximum absolute atomic E-state index is 12.7. The lowest BCUT2D eigenvalue weighted by Crippen LogP contribution is -2.37. The van der Waals surface area contributed by atoms with Gasteiger partial charge in [0.2, 0.25) is 5.91 Å². The smallest absolute Gasteiger partial charge is 0.236 e. The maximum atomic E-state index is 12.7. The van der Waals surface area contributed by atoms with Gasteiger partial charge in [0.25, 0.3) is 0 Å². The number of nitrogens with two attached hydrogens (primary N) is 1. The zero-order valence-electron chi connectivity index (χ0n) is 17.3. The second-order valence-electron chi connectivity index (χ2n) is 7.53. The van der Waals surface area contributed by atoms with E-state index in [1.165, 1.54) is 5.56 Å². The summed E-state index contributed by atoms with van der Waals surface area (Å²) in [4.78, 5) is 16.8. The first-order valence-corrected chi connectivity index (χ1v) is 10.0. The minimum absolute atomic E-state index is 0. The summed E-state index contributed by atoms with van der Waals surface area (Å²) in [5, 5.41) is 0. The lowest BCUT2D eigenvalue weighted by molar-refractivity contribution is -0.131. The Morgan fingerprint density at radius 1 is 1.14 bits per heavy atom. The van der Waals surface area contributed by atoms with Gasteiger partial charge in [-0.3, -0.25) is 9.69 Å². The molecule has 2 aromatic carbocycles. The van der Waals surface area contributed by atoms with Gasteiger partial charge in [-0.1, -0.05) is 42.5 Å². The second kappa shape index (κ2) is 11.2. The Morgan fingerprint density at radius 3 is 2.45 bits per heavy atom. The van der Waals surface area contributed by atoms with Crippen LogP contribution in [0.25, 0.3) is 0 Å². The minimum Gasteiger partial charge on any atom is -0.494 e. The molecule has 0 unspecified atom stereocenters. The molecule has 0 radical (unpaired) electrons. The molecule has 3 rings (SSSR count). The van der Waals surface area contributed by atoms with Crippen LogP contribution < -0.4 is 10.5 Å². The van der Waals surface area contributed by atoms with Crippen molar-refractivity contribution in [1.82, 2.24) is 9.80 Å². The van der Waals surface area contributed by atoms with Crippen LogP contribution in [0.1, 0.15) is 24.0 Å². The summed E-state index contributed by atoms with van der Waals surface area (Å²) in [7, 11) is 1.87. The van der Waals surface area contributed by atoms with E-state index < -0.39 is 0 Å². The molecule has 2 atom stereocenters. The third kappa shape index (κ3) is 6.20. The first-order valence-electron chi connectivity index (χ1n) is 10.0. The highest BCUT2D eigenvalue weighted by Gasteiger charge is 2.33. The van der Waals surface area contributed by atoms with Gasteiger partial charge in [0.15, 0.2) is 0 Å². The van der Waals surface area contributed by atoms with Gasteiger partial charge in [-0.05, 0) is 42.6 Å². The molecular formula is C23H32ClN3O2. The topological polar surface area (TPSA) is 58.8 Å². The van der Waals surface area contributed by atoms with Crippen molar-refractivity contribution in [2.75, 3.05) is 39.8 Å². The lowest BCUT2D eigenvalue weighted by Gasteiger charge is -2.22. The number of halogens is 1. The fraction of sp³-hybridized carbons (Fsp3) is 0.435. The largest absolute Gasteiger partial charge is 0.494 e. The fourth-order valence-corrected chi connectivity index (χ4v) is 3.94. The van der Waals surface area contributed by atoms with E-state index in [1.807, 2.05) is 44.3 Å². The maximum Gasteiger partial charge on any atom is 0.236 e. The molecule has 0 saturated carbocycles. The Kier molecular flexibility index (Phi) is 8.96. The Labute approximate surface area is 180 Å². The summed E-state index contributed by atoms with van der Waals surface area (Å²) in [5.41, 5.74) is 8.43. The molecule has 1 aliphatic heterocycles. The Bertz CT molecular complexity index is 754. The van der Waals surface area contributed by atoms with Gasteiger partial charge in [-0.2, -0.15) is 0 Å². The average molecular weight is 418 g/mol. The molecule has 5 nitrogen and oxygen atoms in total. The first-order chi connectivity index (χ1) is 13.6. The normalized spacial score (nSPS) is 18.9. The summed E-state index contributed by atoms with van der Waals surface area (Å²) in [6.45, 7) is 6.06. The SMILES string of the molecule is CCOc1ccc(CN(C)C(=O)CN2C[C@@H](CN)[C@H](c3ccccc3)C2)cc1.Cl. The molecule has 2 aromatic rings. The van der Waals surface area contributed by atoms with Gasteiger partial charge < -0.3 is 15.4 Å². The van der Waals surface area contributed by atoms with Crippen LogP contribution in [0.3, 0.4) is 0 Å². The number of hydrogen-bond acceptors (Lipinski definition) is 4. The molecule has 158 valence electrons. The van der Waals surface area contributed by atoms with E-state index in [0.717, 1.165) is 24.4 Å². The average Bonchev–Trinajstić information content (AvgIpc) is 3.13. The summed E-state index contributed by atoms with van der Waals surface area (Å²) in [6.07, 6.45) is 0. The Hall–Kier alpha value is -2.08. The number of ether oxygens (including phenoxy) is 1. The van der Waals surface area contributed by atoms with Gasteiger partial charge in [0.1, 0.15) is 5.75 Å². The van der Waals surface area contributed by atoms with Crippen LogP contribution in [0.15, 0.2) is 54.6 Å². The van der Waals surface area contributed by atoms with Crippen LogP contribution in [0.5, 0.6) is 5.75 Å². The number of likely N-dealkylation sites (N-methyl/N-ethyl adjacent to an activating group) is 1. The predicted molar refractivity (Wildman–Crippen MR) is 120 cm³/mol. The van der Waals surface area contributed by atoms with Crippen molar-refractivity contribution >= 4 is 18.3 Å². The number of benzene rings is 2. The summed E-state index contributed by atoms with van der Waals surface area (Å²) < 4.78 is 5.47. The molecule has 6 heteroatoms. The Balaban J connectivity index is 0.00000300. The number of carbonyl (C=O) groups is 1. The molecule has 1 fully saturated rings. The van der Waals surface area contributed by atoms with Crippen molar-refractivity contribution in [3.63, 3.8) is 0 Å². The van der Waals surface area contributed by atoms with Gasteiger partial charge in [0.05, 0.1) is 13.2 Å². The van der Waals surface area contributed by atoms with Crippen LogP contribution in [-0.4, -0.2) is 55.5 Å². The summed E-state index contributed by atoms with van der Waals surface area (Å²) >= 11 is 0. The second-order valence-corrected chi connectivity index (χ2v) is 7.53. The summed E-state index contributed by atoms with van der Waals surface area (Å²) in [6, 6.07) is 18.4. The molecule has 0 spiro atoms. The number of hydrogen-bond donors (Lipinski definition) is 1. The lowest BCUT2D eigenvalue weighted by atomic mass is 9.89. The minimum atomic E-state index is 0. The molecule has 1 heterocycles. The van der Waals surface area contributed by atoms with Crippen LogP contribution in [0.2, 0.25) is 0 Å². The van der Waals surface area contributed by atoms with E-state index in [0.29, 0.717) is 38.1 Å². The van der Waals surface area contributed by atoms with Gasteiger partial charge in [-0.15, -0.1) is 12.4 Å². The molecule has 0 aromatic heterocycles. The fourth-order valence-electron chi connectivity index (χ4n) is 3.94. The molecule has 1 aliphatic rings. The van der Waals surface area contributed by atoms with Crippen LogP contribution in [0.4, 0.5) is 0 Å². The van der Waals surface area contributed by atoms with E-state index in [2.05, 4.69) is 29.2 Å². The van der Waals surface area contributed by atoms with E-state index >= 15 is 0 Å². The van der Waals surface area contributed by atoms with E-state index in [9.17, 15) is 4.79 Å². The number of amides is 1. The first kappa shape index (κ1) is 23.2. The van der Waals surface area contributed by atoms with Crippen LogP contribution in [-0.2, 0) is 11.3 Å². The van der Waals surface area contributed by atoms with Crippen molar-refractivity contribution in [3.8, 4) is 5.75 Å². The molecular weight excluding hydrogens is 386 g/mol. The molecule has 1 amide bonds. The predicted octanol–water partition coefficient (Wildman–Crippen LogP) is 3.14. The van der Waals surface area contributed by atoms with Crippen molar-refractivity contribution in [1.29, 1.82) is 0 Å². The Morgan fingerprint density at radius 2 is 1.83 bits per heavy atom. The summed E-state index contributed by atoms with van der Waals surface area (Å²) in [5.74, 6) is 1.79. The van der Waals surface area contributed by atoms with Gasteiger partial charge in [-0.25, -0.2) is 0 Å². The number of rotatable bonds is 8. The number of carbonyl (C=O) groups excluding carboxylic acids is 1.